The van der Waals surface area contributed by atoms with Gasteiger partial charge in [0.2, 0.25) is 5.91 Å². The highest BCUT2D eigenvalue weighted by Gasteiger charge is 2.35. The number of amides is 1. The quantitative estimate of drug-likeness (QED) is 0.480. The summed E-state index contributed by atoms with van der Waals surface area (Å²) in [6.07, 6.45) is 2.82. The van der Waals surface area contributed by atoms with Crippen LogP contribution >= 0.6 is 0 Å². The van der Waals surface area contributed by atoms with Gasteiger partial charge in [-0.1, -0.05) is 0 Å². The number of aliphatic hydroxyl groups is 1. The van der Waals surface area contributed by atoms with Crippen molar-refractivity contribution in [1.82, 2.24) is 5.32 Å². The highest BCUT2D eigenvalue weighted by Crippen LogP contribution is 2.21. The first-order valence-electron chi connectivity index (χ1n) is 6.58. The second kappa shape index (κ2) is 6.63. The SMILES string of the molecule is O=C(/C=C/c1ccc(F)cc1[N+](=O)[O-])NC1(CO)CCOC1. The molecule has 0 saturated carbocycles. The van der Waals surface area contributed by atoms with Crippen molar-refractivity contribution < 1.29 is 24.0 Å². The summed E-state index contributed by atoms with van der Waals surface area (Å²) in [5.41, 5.74) is -1.14. The zero-order valence-corrected chi connectivity index (χ0v) is 11.6. The van der Waals surface area contributed by atoms with E-state index in [1.807, 2.05) is 0 Å². The van der Waals surface area contributed by atoms with Crippen molar-refractivity contribution in [2.75, 3.05) is 19.8 Å². The van der Waals surface area contributed by atoms with Crippen LogP contribution in [0.5, 0.6) is 0 Å². The van der Waals surface area contributed by atoms with E-state index >= 15 is 0 Å². The van der Waals surface area contributed by atoms with E-state index in [9.17, 15) is 24.4 Å². The van der Waals surface area contributed by atoms with Gasteiger partial charge >= 0.3 is 0 Å². The first-order chi connectivity index (χ1) is 10.5. The topological polar surface area (TPSA) is 102 Å². The van der Waals surface area contributed by atoms with Gasteiger partial charge in [-0.2, -0.15) is 0 Å². The van der Waals surface area contributed by atoms with Gasteiger partial charge < -0.3 is 15.2 Å². The number of hydrogen-bond acceptors (Lipinski definition) is 5. The van der Waals surface area contributed by atoms with Crippen LogP contribution in [-0.2, 0) is 9.53 Å². The van der Waals surface area contributed by atoms with E-state index in [1.54, 1.807) is 0 Å². The molecule has 22 heavy (non-hydrogen) atoms. The predicted octanol–water partition coefficient (Wildman–Crippen LogP) is 1.01. The maximum atomic E-state index is 13.0. The molecule has 0 aromatic heterocycles. The third kappa shape index (κ3) is 3.66. The third-order valence-electron chi connectivity index (χ3n) is 3.40. The molecule has 1 unspecified atom stereocenters. The van der Waals surface area contributed by atoms with E-state index in [0.717, 1.165) is 18.2 Å². The number of aliphatic hydroxyl groups excluding tert-OH is 1. The number of benzene rings is 1. The van der Waals surface area contributed by atoms with Crippen LogP contribution in [0.15, 0.2) is 24.3 Å². The summed E-state index contributed by atoms with van der Waals surface area (Å²) in [6.45, 7) is 0.386. The fourth-order valence-electron chi connectivity index (χ4n) is 2.15. The molecule has 1 heterocycles. The number of nitro benzene ring substituents is 1. The van der Waals surface area contributed by atoms with Gasteiger partial charge in [-0.15, -0.1) is 0 Å². The van der Waals surface area contributed by atoms with Gasteiger partial charge in [-0.25, -0.2) is 4.39 Å². The highest BCUT2D eigenvalue weighted by molar-refractivity contribution is 5.92. The molecule has 8 heteroatoms. The van der Waals surface area contributed by atoms with Crippen molar-refractivity contribution in [1.29, 1.82) is 0 Å². The van der Waals surface area contributed by atoms with E-state index < -0.39 is 27.9 Å². The molecule has 7 nitrogen and oxygen atoms in total. The van der Waals surface area contributed by atoms with Gasteiger partial charge in [0.15, 0.2) is 0 Å². The van der Waals surface area contributed by atoms with E-state index in [1.165, 1.54) is 12.1 Å². The summed E-state index contributed by atoms with van der Waals surface area (Å²) in [7, 11) is 0. The van der Waals surface area contributed by atoms with Crippen LogP contribution in [0, 0.1) is 15.9 Å². The average Bonchev–Trinajstić information content (AvgIpc) is 2.95. The van der Waals surface area contributed by atoms with Gasteiger partial charge in [-0.05, 0) is 24.6 Å². The van der Waals surface area contributed by atoms with Crippen molar-refractivity contribution in [2.24, 2.45) is 0 Å². The van der Waals surface area contributed by atoms with Gasteiger partial charge in [0.05, 0.1) is 35.3 Å². The maximum Gasteiger partial charge on any atom is 0.279 e. The van der Waals surface area contributed by atoms with Crippen LogP contribution < -0.4 is 5.32 Å². The second-order valence-electron chi connectivity index (χ2n) is 5.02. The van der Waals surface area contributed by atoms with Gasteiger partial charge in [-0.3, -0.25) is 14.9 Å². The van der Waals surface area contributed by atoms with E-state index in [0.29, 0.717) is 13.0 Å². The molecule has 0 aliphatic carbocycles. The summed E-state index contributed by atoms with van der Waals surface area (Å²) in [4.78, 5) is 22.0. The number of halogens is 1. The van der Waals surface area contributed by atoms with E-state index in [-0.39, 0.29) is 18.8 Å². The summed E-state index contributed by atoms with van der Waals surface area (Å²) in [5.74, 6) is -1.24. The van der Waals surface area contributed by atoms with Crippen molar-refractivity contribution in [3.05, 3.63) is 45.8 Å². The van der Waals surface area contributed by atoms with Crippen LogP contribution in [0.4, 0.5) is 10.1 Å². The Balaban J connectivity index is 2.11. The molecule has 2 rings (SSSR count). The van der Waals surface area contributed by atoms with Crippen LogP contribution in [0.3, 0.4) is 0 Å². The lowest BCUT2D eigenvalue weighted by atomic mass is 10.00. The first-order valence-corrected chi connectivity index (χ1v) is 6.58. The molecule has 1 atom stereocenters. The second-order valence-corrected chi connectivity index (χ2v) is 5.02. The smallest absolute Gasteiger partial charge is 0.279 e. The van der Waals surface area contributed by atoms with Crippen LogP contribution in [0.2, 0.25) is 0 Å². The fraction of sp³-hybridized carbons (Fsp3) is 0.357. The number of nitrogens with zero attached hydrogens (tertiary/aromatic N) is 1. The first kappa shape index (κ1) is 16.1. The molecule has 0 bridgehead atoms. The largest absolute Gasteiger partial charge is 0.394 e. The Labute approximate surface area is 125 Å². The Morgan fingerprint density at radius 3 is 2.95 bits per heavy atom. The lowest BCUT2D eigenvalue weighted by Crippen LogP contribution is -2.51. The summed E-state index contributed by atoms with van der Waals surface area (Å²) < 4.78 is 18.2. The van der Waals surface area contributed by atoms with Crippen LogP contribution in [-0.4, -0.2) is 41.3 Å². The number of carbonyl (C=O) groups is 1. The molecule has 1 aromatic carbocycles. The van der Waals surface area contributed by atoms with Crippen molar-refractivity contribution in [3.8, 4) is 0 Å². The van der Waals surface area contributed by atoms with E-state index in [2.05, 4.69) is 5.32 Å². The number of carbonyl (C=O) groups excluding carboxylic acids is 1. The number of rotatable bonds is 5. The molecule has 1 amide bonds. The minimum atomic E-state index is -0.823. The monoisotopic (exact) mass is 310 g/mol. The Morgan fingerprint density at radius 2 is 2.36 bits per heavy atom. The Bertz CT molecular complexity index is 611. The normalized spacial score (nSPS) is 21.2. The lowest BCUT2D eigenvalue weighted by Gasteiger charge is -2.25. The fourth-order valence-corrected chi connectivity index (χ4v) is 2.15. The molecule has 1 aliphatic heterocycles. The summed E-state index contributed by atoms with van der Waals surface area (Å²) in [5, 5.41) is 22.8. The molecule has 118 valence electrons. The van der Waals surface area contributed by atoms with Crippen molar-refractivity contribution in [3.63, 3.8) is 0 Å². The third-order valence-corrected chi connectivity index (χ3v) is 3.40. The minimum Gasteiger partial charge on any atom is -0.394 e. The zero-order valence-electron chi connectivity index (χ0n) is 11.6. The predicted molar refractivity (Wildman–Crippen MR) is 75.5 cm³/mol. The van der Waals surface area contributed by atoms with E-state index in [4.69, 9.17) is 4.74 Å². The summed E-state index contributed by atoms with van der Waals surface area (Å²) >= 11 is 0. The number of hydrogen-bond donors (Lipinski definition) is 2. The molecule has 0 radical (unpaired) electrons. The lowest BCUT2D eigenvalue weighted by molar-refractivity contribution is -0.385. The molecular weight excluding hydrogens is 295 g/mol. The molecule has 1 saturated heterocycles. The Morgan fingerprint density at radius 1 is 1.59 bits per heavy atom. The molecule has 0 spiro atoms. The molecule has 1 aliphatic rings. The minimum absolute atomic E-state index is 0.113. The maximum absolute atomic E-state index is 13.0. The van der Waals surface area contributed by atoms with Gasteiger partial charge in [0.1, 0.15) is 5.82 Å². The molecule has 1 fully saturated rings. The zero-order chi connectivity index (χ0) is 16.2. The molecular formula is C14H15FN2O5. The standard InChI is InChI=1S/C14H15FN2O5/c15-11-3-1-10(12(7-11)17(20)21)2-4-13(19)16-14(8-18)5-6-22-9-14/h1-4,7,18H,5-6,8-9H2,(H,16,19)/b4-2+. The number of nitro groups is 1. The van der Waals surface area contributed by atoms with Crippen molar-refractivity contribution in [2.45, 2.75) is 12.0 Å². The summed E-state index contributed by atoms with van der Waals surface area (Å²) in [6, 6.07) is 3.08. The van der Waals surface area contributed by atoms with Gasteiger partial charge in [0.25, 0.3) is 5.69 Å². The van der Waals surface area contributed by atoms with Gasteiger partial charge in [0, 0.05) is 12.7 Å². The van der Waals surface area contributed by atoms with Crippen LogP contribution in [0.25, 0.3) is 6.08 Å². The number of ether oxygens (including phenoxy) is 1. The van der Waals surface area contributed by atoms with Crippen LogP contribution in [0.1, 0.15) is 12.0 Å². The Hall–Kier alpha value is -2.32. The highest BCUT2D eigenvalue weighted by atomic mass is 19.1. The van der Waals surface area contributed by atoms with Crippen molar-refractivity contribution >= 4 is 17.7 Å². The Kier molecular flexibility index (Phi) is 4.84. The molecule has 2 N–H and O–H groups in total. The average molecular weight is 310 g/mol. The molecule has 1 aromatic rings. The number of nitrogens with one attached hydrogen (secondary N) is 1.